The van der Waals surface area contributed by atoms with Gasteiger partial charge in [0.15, 0.2) is 0 Å². The number of para-hydroxylation sites is 1. The Labute approximate surface area is 119 Å². The average Bonchev–Trinajstić information content (AvgIpc) is 2.47. The molecule has 1 amide bonds. The molecule has 98 valence electrons. The molecule has 1 aromatic carbocycles. The number of halogens is 1. The molecule has 0 aliphatic carbocycles. The van der Waals surface area contributed by atoms with Gasteiger partial charge >= 0.3 is 0 Å². The van der Waals surface area contributed by atoms with Gasteiger partial charge in [0.1, 0.15) is 5.75 Å². The first-order valence-corrected chi connectivity index (χ1v) is 6.81. The van der Waals surface area contributed by atoms with Crippen molar-refractivity contribution in [2.45, 2.75) is 5.33 Å². The summed E-state index contributed by atoms with van der Waals surface area (Å²) < 4.78 is 5.13. The summed E-state index contributed by atoms with van der Waals surface area (Å²) in [5.41, 5.74) is 2.26. The van der Waals surface area contributed by atoms with Crippen LogP contribution in [0.15, 0.2) is 42.7 Å². The fourth-order valence-corrected chi connectivity index (χ4v) is 2.17. The van der Waals surface area contributed by atoms with Crippen molar-refractivity contribution in [3.8, 4) is 5.75 Å². The van der Waals surface area contributed by atoms with Crippen molar-refractivity contribution in [2.75, 3.05) is 12.4 Å². The highest BCUT2D eigenvalue weighted by Crippen LogP contribution is 2.21. The van der Waals surface area contributed by atoms with Crippen LogP contribution in [0.3, 0.4) is 0 Å². The molecule has 0 saturated carbocycles. The van der Waals surface area contributed by atoms with Crippen molar-refractivity contribution in [1.29, 1.82) is 0 Å². The number of ether oxygens (including phenoxy) is 1. The fourth-order valence-electron chi connectivity index (χ4n) is 1.68. The van der Waals surface area contributed by atoms with Crippen LogP contribution in [-0.4, -0.2) is 18.0 Å². The average molecular weight is 321 g/mol. The summed E-state index contributed by atoms with van der Waals surface area (Å²) in [6.45, 7) is 0. The van der Waals surface area contributed by atoms with E-state index in [1.54, 1.807) is 12.3 Å². The van der Waals surface area contributed by atoms with Crippen LogP contribution in [0.25, 0.3) is 0 Å². The minimum Gasteiger partial charge on any atom is -0.494 e. The molecule has 0 fully saturated rings. The second-order valence-electron chi connectivity index (χ2n) is 3.82. The maximum absolute atomic E-state index is 12.2. The van der Waals surface area contributed by atoms with E-state index < -0.39 is 0 Å². The summed E-state index contributed by atoms with van der Waals surface area (Å²) in [6, 6.07) is 9.26. The Morgan fingerprint density at radius 3 is 2.89 bits per heavy atom. The van der Waals surface area contributed by atoms with E-state index in [4.69, 9.17) is 4.74 Å². The van der Waals surface area contributed by atoms with E-state index in [0.29, 0.717) is 16.6 Å². The third-order valence-corrected chi connectivity index (χ3v) is 3.26. The number of carbonyl (C=O) groups is 1. The Bertz CT molecular complexity index is 587. The minimum absolute atomic E-state index is 0.215. The van der Waals surface area contributed by atoms with Gasteiger partial charge in [0.05, 0.1) is 18.9 Å². The van der Waals surface area contributed by atoms with Crippen molar-refractivity contribution in [3.63, 3.8) is 0 Å². The number of benzene rings is 1. The molecule has 0 bridgehead atoms. The molecule has 2 aromatic rings. The number of alkyl halides is 1. The van der Waals surface area contributed by atoms with E-state index in [1.165, 1.54) is 13.3 Å². The van der Waals surface area contributed by atoms with Gasteiger partial charge in [0.2, 0.25) is 0 Å². The number of anilines is 1. The SMILES string of the molecule is COc1cnccc1C(=O)Nc1ccccc1CBr. The molecule has 4 nitrogen and oxygen atoms in total. The summed E-state index contributed by atoms with van der Waals surface area (Å²) in [6.07, 6.45) is 3.08. The first kappa shape index (κ1) is 13.5. The van der Waals surface area contributed by atoms with Gasteiger partial charge in [-0.25, -0.2) is 0 Å². The third kappa shape index (κ3) is 3.12. The molecule has 0 aliphatic rings. The smallest absolute Gasteiger partial charge is 0.259 e. The van der Waals surface area contributed by atoms with Crippen molar-refractivity contribution >= 4 is 27.5 Å². The minimum atomic E-state index is -0.215. The van der Waals surface area contributed by atoms with E-state index in [1.807, 2.05) is 24.3 Å². The van der Waals surface area contributed by atoms with Crippen LogP contribution in [0.1, 0.15) is 15.9 Å². The lowest BCUT2D eigenvalue weighted by Gasteiger charge is -2.11. The molecule has 1 N–H and O–H groups in total. The standard InChI is InChI=1S/C14H13BrN2O2/c1-19-13-9-16-7-6-11(13)14(18)17-12-5-3-2-4-10(12)8-15/h2-7,9H,8H2,1H3,(H,17,18). The molecule has 0 atom stereocenters. The molecule has 1 aromatic heterocycles. The van der Waals surface area contributed by atoms with E-state index in [9.17, 15) is 4.79 Å². The summed E-state index contributed by atoms with van der Waals surface area (Å²) in [7, 11) is 1.51. The first-order chi connectivity index (χ1) is 9.26. The van der Waals surface area contributed by atoms with Crippen molar-refractivity contribution in [1.82, 2.24) is 4.98 Å². The lowest BCUT2D eigenvalue weighted by Crippen LogP contribution is -2.14. The maximum atomic E-state index is 12.2. The Morgan fingerprint density at radius 1 is 1.37 bits per heavy atom. The fraction of sp³-hybridized carbons (Fsp3) is 0.143. The van der Waals surface area contributed by atoms with Gasteiger partial charge in [0.25, 0.3) is 5.91 Å². The van der Waals surface area contributed by atoms with E-state index in [-0.39, 0.29) is 5.91 Å². The second-order valence-corrected chi connectivity index (χ2v) is 4.38. The molecule has 0 aliphatic heterocycles. The highest BCUT2D eigenvalue weighted by atomic mass is 79.9. The van der Waals surface area contributed by atoms with Gasteiger partial charge < -0.3 is 10.1 Å². The number of carbonyl (C=O) groups excluding carboxylic acids is 1. The number of hydrogen-bond acceptors (Lipinski definition) is 3. The number of aromatic nitrogens is 1. The van der Waals surface area contributed by atoms with E-state index in [2.05, 4.69) is 26.2 Å². The molecular weight excluding hydrogens is 308 g/mol. The number of nitrogens with zero attached hydrogens (tertiary/aromatic N) is 1. The topological polar surface area (TPSA) is 51.2 Å². The Hall–Kier alpha value is -1.88. The zero-order valence-corrected chi connectivity index (χ0v) is 12.0. The molecule has 0 unspecified atom stereocenters. The Kier molecular flexibility index (Phi) is 4.52. The van der Waals surface area contributed by atoms with E-state index in [0.717, 1.165) is 11.3 Å². The number of hydrogen-bond donors (Lipinski definition) is 1. The highest BCUT2D eigenvalue weighted by molar-refractivity contribution is 9.08. The summed E-state index contributed by atoms with van der Waals surface area (Å²) in [4.78, 5) is 16.2. The number of methoxy groups -OCH3 is 1. The predicted molar refractivity (Wildman–Crippen MR) is 77.8 cm³/mol. The lowest BCUT2D eigenvalue weighted by atomic mass is 10.2. The molecule has 1 heterocycles. The van der Waals surface area contributed by atoms with Crippen LogP contribution in [0.2, 0.25) is 0 Å². The van der Waals surface area contributed by atoms with Crippen LogP contribution in [0.4, 0.5) is 5.69 Å². The van der Waals surface area contributed by atoms with Crippen LogP contribution in [0, 0.1) is 0 Å². The van der Waals surface area contributed by atoms with Gasteiger partial charge in [-0.2, -0.15) is 0 Å². The van der Waals surface area contributed by atoms with Crippen LogP contribution < -0.4 is 10.1 Å². The van der Waals surface area contributed by atoms with Crippen LogP contribution in [-0.2, 0) is 5.33 Å². The molecule has 2 rings (SSSR count). The molecule has 0 saturated heterocycles. The van der Waals surface area contributed by atoms with Crippen molar-refractivity contribution in [3.05, 3.63) is 53.9 Å². The monoisotopic (exact) mass is 320 g/mol. The first-order valence-electron chi connectivity index (χ1n) is 5.69. The Morgan fingerprint density at radius 2 is 2.16 bits per heavy atom. The second kappa shape index (κ2) is 6.33. The quantitative estimate of drug-likeness (QED) is 0.880. The summed E-state index contributed by atoms with van der Waals surface area (Å²) in [5, 5.41) is 3.55. The molecular formula is C14H13BrN2O2. The number of amides is 1. The largest absolute Gasteiger partial charge is 0.494 e. The van der Waals surface area contributed by atoms with Crippen molar-refractivity contribution < 1.29 is 9.53 Å². The van der Waals surface area contributed by atoms with Gasteiger partial charge in [0, 0.05) is 17.2 Å². The van der Waals surface area contributed by atoms with Crippen LogP contribution in [0.5, 0.6) is 5.75 Å². The number of pyridine rings is 1. The van der Waals surface area contributed by atoms with Gasteiger partial charge in [-0.3, -0.25) is 9.78 Å². The van der Waals surface area contributed by atoms with Crippen LogP contribution >= 0.6 is 15.9 Å². The highest BCUT2D eigenvalue weighted by Gasteiger charge is 2.13. The van der Waals surface area contributed by atoms with Gasteiger partial charge in [-0.15, -0.1) is 0 Å². The van der Waals surface area contributed by atoms with Gasteiger partial charge in [-0.05, 0) is 17.7 Å². The summed E-state index contributed by atoms with van der Waals surface area (Å²) in [5.74, 6) is 0.240. The molecule has 0 radical (unpaired) electrons. The Balaban J connectivity index is 2.26. The lowest BCUT2D eigenvalue weighted by molar-refractivity contribution is 0.102. The predicted octanol–water partition coefficient (Wildman–Crippen LogP) is 3.24. The normalized spacial score (nSPS) is 10.0. The zero-order valence-electron chi connectivity index (χ0n) is 10.4. The molecule has 5 heteroatoms. The zero-order chi connectivity index (χ0) is 13.7. The maximum Gasteiger partial charge on any atom is 0.259 e. The van der Waals surface area contributed by atoms with Crippen molar-refractivity contribution in [2.24, 2.45) is 0 Å². The number of nitrogens with one attached hydrogen (secondary N) is 1. The van der Waals surface area contributed by atoms with Gasteiger partial charge in [-0.1, -0.05) is 34.1 Å². The third-order valence-electron chi connectivity index (χ3n) is 2.66. The molecule has 19 heavy (non-hydrogen) atoms. The number of rotatable bonds is 4. The summed E-state index contributed by atoms with van der Waals surface area (Å²) >= 11 is 3.40. The molecule has 0 spiro atoms. The van der Waals surface area contributed by atoms with E-state index >= 15 is 0 Å².